The van der Waals surface area contributed by atoms with Gasteiger partial charge in [0, 0.05) is 13.1 Å². The maximum Gasteiger partial charge on any atom is 0.410 e. The van der Waals surface area contributed by atoms with Crippen LogP contribution < -0.4 is 5.32 Å². The molecule has 2 saturated carbocycles. The van der Waals surface area contributed by atoms with Crippen LogP contribution in [-0.4, -0.2) is 50.9 Å². The number of benzene rings is 1. The van der Waals surface area contributed by atoms with Crippen LogP contribution in [0.4, 0.5) is 4.79 Å². The summed E-state index contributed by atoms with van der Waals surface area (Å²) in [4.78, 5) is 14.4. The zero-order chi connectivity index (χ0) is 20.9. The number of fused-ring (bicyclic) bond motifs is 3. The van der Waals surface area contributed by atoms with Crippen molar-refractivity contribution in [3.63, 3.8) is 0 Å². The Kier molecular flexibility index (Phi) is 5.09. The van der Waals surface area contributed by atoms with Crippen LogP contribution in [0.25, 0.3) is 0 Å². The number of carbonyl (C=O) groups is 1. The molecule has 2 atom stereocenters. The molecule has 164 valence electrons. The van der Waals surface area contributed by atoms with E-state index in [2.05, 4.69) is 11.4 Å². The average Bonchev–Trinajstić information content (AvgIpc) is 3.12. The summed E-state index contributed by atoms with van der Waals surface area (Å²) < 4.78 is 33.0. The van der Waals surface area contributed by atoms with Crippen molar-refractivity contribution in [1.29, 1.82) is 0 Å². The minimum Gasteiger partial charge on any atom is -0.450 e. The molecule has 7 heteroatoms. The normalized spacial score (nSPS) is 28.9. The molecule has 1 spiro atoms. The third-order valence-corrected chi connectivity index (χ3v) is 10.2. The van der Waals surface area contributed by atoms with Crippen molar-refractivity contribution in [2.75, 3.05) is 26.2 Å². The number of hydrogen-bond acceptors (Lipinski definition) is 5. The van der Waals surface area contributed by atoms with Crippen LogP contribution >= 0.6 is 0 Å². The Morgan fingerprint density at radius 3 is 2.77 bits per heavy atom. The standard InChI is InChI=1S/C23H32N2O4S/c1-2-29-22(26)25-9-5-16-10-17-4-8-24-14-19-12-23(6-3-7-23)13-21(19)30(27,28)20(17)11-18(16)15-25/h10-11,19,21,24H,2-9,12-15H2,1H3. The first-order valence-corrected chi connectivity index (χ1v) is 13.0. The Morgan fingerprint density at radius 1 is 1.20 bits per heavy atom. The largest absolute Gasteiger partial charge is 0.450 e. The molecular weight excluding hydrogens is 400 g/mol. The number of nitrogens with one attached hydrogen (secondary N) is 1. The molecule has 0 bridgehead atoms. The van der Waals surface area contributed by atoms with E-state index >= 15 is 0 Å². The summed E-state index contributed by atoms with van der Waals surface area (Å²) in [5.41, 5.74) is 3.33. The smallest absolute Gasteiger partial charge is 0.410 e. The molecule has 30 heavy (non-hydrogen) atoms. The van der Waals surface area contributed by atoms with Gasteiger partial charge < -0.3 is 15.0 Å². The maximum absolute atomic E-state index is 13.9. The van der Waals surface area contributed by atoms with Crippen molar-refractivity contribution in [3.8, 4) is 0 Å². The number of nitrogens with zero attached hydrogens (tertiary/aromatic N) is 1. The van der Waals surface area contributed by atoms with Crippen molar-refractivity contribution < 1.29 is 17.9 Å². The number of amides is 1. The van der Waals surface area contributed by atoms with Crippen LogP contribution in [0.1, 0.15) is 55.7 Å². The fraction of sp³-hybridized carbons (Fsp3) is 0.696. The van der Waals surface area contributed by atoms with Crippen molar-refractivity contribution in [1.82, 2.24) is 10.2 Å². The molecule has 2 aliphatic heterocycles. The Hall–Kier alpha value is -1.60. The third-order valence-electron chi connectivity index (χ3n) is 7.87. The molecule has 0 radical (unpaired) electrons. The lowest BCUT2D eigenvalue weighted by Gasteiger charge is -2.38. The molecule has 2 aliphatic carbocycles. The van der Waals surface area contributed by atoms with Crippen LogP contribution in [-0.2, 0) is 34.0 Å². The number of hydrogen-bond donors (Lipinski definition) is 1. The Balaban J connectivity index is 1.51. The molecule has 2 unspecified atom stereocenters. The number of sulfone groups is 1. The highest BCUT2D eigenvalue weighted by atomic mass is 32.2. The van der Waals surface area contributed by atoms with Crippen molar-refractivity contribution in [3.05, 3.63) is 28.8 Å². The summed E-state index contributed by atoms with van der Waals surface area (Å²) in [6.07, 6.45) is 6.61. The molecule has 6 nitrogen and oxygen atoms in total. The van der Waals surface area contributed by atoms with E-state index < -0.39 is 9.84 Å². The fourth-order valence-electron chi connectivity index (χ4n) is 6.16. The van der Waals surface area contributed by atoms with Crippen molar-refractivity contribution >= 4 is 15.9 Å². The highest BCUT2D eigenvalue weighted by molar-refractivity contribution is 7.92. The van der Waals surface area contributed by atoms with Gasteiger partial charge in [-0.25, -0.2) is 13.2 Å². The second-order valence-corrected chi connectivity index (χ2v) is 11.8. The summed E-state index contributed by atoms with van der Waals surface area (Å²) in [6.45, 7) is 4.80. The quantitative estimate of drug-likeness (QED) is 0.738. The lowest BCUT2D eigenvalue weighted by atomic mass is 9.67. The van der Waals surface area contributed by atoms with E-state index in [0.29, 0.717) is 24.6 Å². The number of rotatable bonds is 1. The second kappa shape index (κ2) is 7.52. The fourth-order valence-corrected chi connectivity index (χ4v) is 8.59. The van der Waals surface area contributed by atoms with Crippen LogP contribution in [0.2, 0.25) is 0 Å². The van der Waals surface area contributed by atoms with Gasteiger partial charge in [0.1, 0.15) is 0 Å². The van der Waals surface area contributed by atoms with E-state index in [4.69, 9.17) is 4.74 Å². The monoisotopic (exact) mass is 432 g/mol. The van der Waals surface area contributed by atoms with E-state index in [1.165, 1.54) is 24.8 Å². The lowest BCUT2D eigenvalue weighted by Crippen LogP contribution is -2.37. The SMILES string of the molecule is CCOC(=O)N1CCc2cc3c(cc2C1)S(=O)(=O)C1CC2(CCC2)CC1CNCC3. The molecule has 1 aromatic rings. The summed E-state index contributed by atoms with van der Waals surface area (Å²) >= 11 is 0. The van der Waals surface area contributed by atoms with E-state index in [0.717, 1.165) is 49.9 Å². The van der Waals surface area contributed by atoms with Crippen molar-refractivity contribution in [2.45, 2.75) is 68.6 Å². The molecule has 1 amide bonds. The zero-order valence-corrected chi connectivity index (χ0v) is 18.6. The zero-order valence-electron chi connectivity index (χ0n) is 17.8. The first kappa shape index (κ1) is 20.3. The number of ether oxygens (including phenoxy) is 1. The van der Waals surface area contributed by atoms with Crippen molar-refractivity contribution in [2.24, 2.45) is 11.3 Å². The highest BCUT2D eigenvalue weighted by Crippen LogP contribution is 2.57. The van der Waals surface area contributed by atoms with Crippen LogP contribution in [0.5, 0.6) is 0 Å². The van der Waals surface area contributed by atoms with E-state index in [9.17, 15) is 13.2 Å². The first-order valence-electron chi connectivity index (χ1n) is 11.4. The Labute approximate surface area is 179 Å². The first-order chi connectivity index (χ1) is 14.4. The van der Waals surface area contributed by atoms with Gasteiger partial charge in [-0.15, -0.1) is 0 Å². The Morgan fingerprint density at radius 2 is 2.03 bits per heavy atom. The van der Waals surface area contributed by atoms with Crippen LogP contribution in [0, 0.1) is 11.3 Å². The van der Waals surface area contributed by atoms with Gasteiger partial charge in [-0.2, -0.15) is 0 Å². The van der Waals surface area contributed by atoms with Gasteiger partial charge in [0.2, 0.25) is 0 Å². The highest BCUT2D eigenvalue weighted by Gasteiger charge is 2.53. The predicted molar refractivity (Wildman–Crippen MR) is 114 cm³/mol. The van der Waals surface area contributed by atoms with E-state index in [1.807, 2.05) is 6.07 Å². The summed E-state index contributed by atoms with van der Waals surface area (Å²) in [7, 11) is -3.41. The lowest BCUT2D eigenvalue weighted by molar-refractivity contribution is 0.102. The molecular formula is C23H32N2O4S. The topological polar surface area (TPSA) is 75.7 Å². The van der Waals surface area contributed by atoms with Gasteiger partial charge in [-0.3, -0.25) is 0 Å². The minimum absolute atomic E-state index is 0.202. The predicted octanol–water partition coefficient (Wildman–Crippen LogP) is 3.07. The molecule has 5 rings (SSSR count). The molecule has 0 saturated heterocycles. The van der Waals surface area contributed by atoms with Gasteiger partial charge in [0.05, 0.1) is 16.8 Å². The van der Waals surface area contributed by atoms with Crippen LogP contribution in [0.15, 0.2) is 17.0 Å². The van der Waals surface area contributed by atoms with E-state index in [-0.39, 0.29) is 22.7 Å². The molecule has 0 aromatic heterocycles. The summed E-state index contributed by atoms with van der Waals surface area (Å²) in [5.74, 6) is 0.202. The van der Waals surface area contributed by atoms with Crippen LogP contribution in [0.3, 0.4) is 0 Å². The minimum atomic E-state index is -3.41. The molecule has 1 N–H and O–H groups in total. The Bertz CT molecular complexity index is 954. The molecule has 4 aliphatic rings. The van der Waals surface area contributed by atoms with E-state index in [1.54, 1.807) is 11.8 Å². The van der Waals surface area contributed by atoms with Gasteiger partial charge in [0.25, 0.3) is 0 Å². The van der Waals surface area contributed by atoms with Gasteiger partial charge >= 0.3 is 6.09 Å². The third kappa shape index (κ3) is 3.34. The molecule has 2 fully saturated rings. The molecule has 2 heterocycles. The van der Waals surface area contributed by atoms with Gasteiger partial charge in [-0.05, 0) is 92.6 Å². The average molecular weight is 433 g/mol. The number of carbonyl (C=O) groups excluding carboxylic acids is 1. The second-order valence-electron chi connectivity index (χ2n) is 9.66. The maximum atomic E-state index is 13.9. The van der Waals surface area contributed by atoms with Gasteiger partial charge in [0.15, 0.2) is 9.84 Å². The summed E-state index contributed by atoms with van der Waals surface area (Å²) in [5, 5.41) is 3.26. The molecule has 1 aromatic carbocycles. The van der Waals surface area contributed by atoms with Gasteiger partial charge in [-0.1, -0.05) is 12.5 Å². The summed E-state index contributed by atoms with van der Waals surface area (Å²) in [6, 6.07) is 3.99.